The average Bonchev–Trinajstić information content (AvgIpc) is 3.13. The number of benzene rings is 2. The van der Waals surface area contributed by atoms with Gasteiger partial charge in [0.2, 0.25) is 0 Å². The second-order valence-electron chi connectivity index (χ2n) is 11.3. The van der Waals surface area contributed by atoms with Gasteiger partial charge in [-0.25, -0.2) is 0 Å². The van der Waals surface area contributed by atoms with E-state index in [4.69, 9.17) is 23.2 Å². The number of nitrogens with zero attached hydrogens (tertiary/aromatic N) is 2. The van der Waals surface area contributed by atoms with Crippen molar-refractivity contribution in [2.45, 2.75) is 82.9 Å². The van der Waals surface area contributed by atoms with Crippen molar-refractivity contribution in [2.75, 3.05) is 13.2 Å². The standard InChI is InChI=1S/C30H38Cl2N2O3/c1-5-34-26(17-29(2,3)4)30(19-33,21-12-14-22(31)15-13-21)27(20-8-6-9-23(32)16-20)28(34)25(37)11-7-10-24(36)18-35/h6,8-9,12-16,24,26-28,35-36H,5,7,10-11,17-18H2,1-4H3/t24-,26-,27-,28-,30-/m0/s1. The molecule has 5 atom stereocenters. The lowest BCUT2D eigenvalue weighted by atomic mass is 9.62. The minimum atomic E-state index is -1.02. The summed E-state index contributed by atoms with van der Waals surface area (Å²) in [6, 6.07) is 16.9. The zero-order valence-corrected chi connectivity index (χ0v) is 23.6. The summed E-state index contributed by atoms with van der Waals surface area (Å²) in [5.74, 6) is -0.429. The maximum absolute atomic E-state index is 14.0. The first-order valence-corrected chi connectivity index (χ1v) is 13.7. The third-order valence-corrected chi connectivity index (χ3v) is 7.96. The first kappa shape index (κ1) is 29.6. The van der Waals surface area contributed by atoms with Crippen molar-refractivity contribution in [3.05, 3.63) is 69.7 Å². The minimum Gasteiger partial charge on any atom is -0.394 e. The molecule has 0 spiro atoms. The molecule has 0 bridgehead atoms. The van der Waals surface area contributed by atoms with Crippen LogP contribution in [0.5, 0.6) is 0 Å². The van der Waals surface area contributed by atoms with Crippen LogP contribution in [0.2, 0.25) is 10.0 Å². The highest BCUT2D eigenvalue weighted by Gasteiger charge is 2.62. The molecule has 0 amide bonds. The van der Waals surface area contributed by atoms with Crippen LogP contribution in [0.3, 0.4) is 0 Å². The molecule has 37 heavy (non-hydrogen) atoms. The molecule has 1 fully saturated rings. The molecule has 1 aliphatic heterocycles. The maximum Gasteiger partial charge on any atom is 0.150 e. The van der Waals surface area contributed by atoms with Gasteiger partial charge in [-0.3, -0.25) is 9.69 Å². The topological polar surface area (TPSA) is 84.6 Å². The van der Waals surface area contributed by atoms with E-state index < -0.39 is 23.5 Å². The first-order chi connectivity index (χ1) is 17.5. The van der Waals surface area contributed by atoms with Crippen LogP contribution in [0.4, 0.5) is 0 Å². The van der Waals surface area contributed by atoms with E-state index in [1.165, 1.54) is 0 Å². The van der Waals surface area contributed by atoms with Crippen LogP contribution in [-0.2, 0) is 10.2 Å². The van der Waals surface area contributed by atoms with E-state index >= 15 is 0 Å². The molecular weight excluding hydrogens is 507 g/mol. The molecule has 0 unspecified atom stereocenters. The third kappa shape index (κ3) is 6.38. The van der Waals surface area contributed by atoms with Gasteiger partial charge in [0.25, 0.3) is 0 Å². The molecule has 5 nitrogen and oxygen atoms in total. The van der Waals surface area contributed by atoms with Crippen molar-refractivity contribution >= 4 is 29.0 Å². The molecule has 1 saturated heterocycles. The lowest BCUT2D eigenvalue weighted by Gasteiger charge is -2.39. The summed E-state index contributed by atoms with van der Waals surface area (Å²) in [4.78, 5) is 16.2. The van der Waals surface area contributed by atoms with Crippen molar-refractivity contribution in [1.82, 2.24) is 4.90 Å². The van der Waals surface area contributed by atoms with E-state index in [-0.39, 0.29) is 30.3 Å². The van der Waals surface area contributed by atoms with Crippen molar-refractivity contribution in [1.29, 1.82) is 5.26 Å². The molecule has 3 rings (SSSR count). The Balaban J connectivity index is 2.25. The number of rotatable bonds is 10. The molecule has 2 N–H and O–H groups in total. The highest BCUT2D eigenvalue weighted by atomic mass is 35.5. The molecule has 7 heteroatoms. The van der Waals surface area contributed by atoms with E-state index in [2.05, 4.69) is 31.7 Å². The number of aliphatic hydroxyl groups is 2. The van der Waals surface area contributed by atoms with Crippen molar-refractivity contribution in [2.24, 2.45) is 5.41 Å². The molecular formula is C30H38Cl2N2O3. The van der Waals surface area contributed by atoms with Crippen LogP contribution < -0.4 is 0 Å². The molecule has 1 aliphatic rings. The van der Waals surface area contributed by atoms with Gasteiger partial charge in [0.1, 0.15) is 5.41 Å². The Morgan fingerprint density at radius 2 is 1.84 bits per heavy atom. The average molecular weight is 546 g/mol. The molecule has 2 aromatic carbocycles. The van der Waals surface area contributed by atoms with Crippen LogP contribution in [-0.4, -0.2) is 52.2 Å². The van der Waals surface area contributed by atoms with Gasteiger partial charge in [-0.05, 0) is 66.6 Å². The second-order valence-corrected chi connectivity index (χ2v) is 12.1. The summed E-state index contributed by atoms with van der Waals surface area (Å²) in [6.45, 7) is 8.78. The van der Waals surface area contributed by atoms with Gasteiger partial charge in [0.05, 0.1) is 24.8 Å². The molecule has 0 radical (unpaired) electrons. The Bertz CT molecular complexity index is 1110. The third-order valence-electron chi connectivity index (χ3n) is 7.48. The lowest BCUT2D eigenvalue weighted by molar-refractivity contribution is -0.124. The molecule has 200 valence electrons. The number of nitriles is 1. The van der Waals surface area contributed by atoms with Crippen LogP contribution in [0.25, 0.3) is 0 Å². The van der Waals surface area contributed by atoms with Crippen LogP contribution >= 0.6 is 23.2 Å². The van der Waals surface area contributed by atoms with Gasteiger partial charge < -0.3 is 10.2 Å². The predicted molar refractivity (Wildman–Crippen MR) is 149 cm³/mol. The van der Waals surface area contributed by atoms with Gasteiger partial charge in [0.15, 0.2) is 5.78 Å². The van der Waals surface area contributed by atoms with E-state index in [1.807, 2.05) is 37.3 Å². The van der Waals surface area contributed by atoms with E-state index in [1.54, 1.807) is 18.2 Å². The second kappa shape index (κ2) is 12.3. The Kier molecular flexibility index (Phi) is 9.83. The summed E-state index contributed by atoms with van der Waals surface area (Å²) in [7, 11) is 0. The van der Waals surface area contributed by atoms with Crippen molar-refractivity contribution in [3.63, 3.8) is 0 Å². The normalized spacial score (nSPS) is 25.1. The number of likely N-dealkylation sites (tertiary alicyclic amines) is 1. The Hall–Kier alpha value is -1.94. The number of hydrogen-bond donors (Lipinski definition) is 2. The van der Waals surface area contributed by atoms with Crippen LogP contribution in [0, 0.1) is 16.7 Å². The quantitative estimate of drug-likeness (QED) is 0.375. The van der Waals surface area contributed by atoms with Crippen LogP contribution in [0.15, 0.2) is 48.5 Å². The number of Topliss-reactive ketones (excluding diaryl/α,β-unsaturated/α-hetero) is 1. The number of ketones is 1. The predicted octanol–water partition coefficient (Wildman–Crippen LogP) is 6.14. The smallest absolute Gasteiger partial charge is 0.150 e. The van der Waals surface area contributed by atoms with E-state index in [0.29, 0.717) is 35.9 Å². The van der Waals surface area contributed by atoms with Crippen molar-refractivity contribution < 1.29 is 15.0 Å². The lowest BCUT2D eigenvalue weighted by Crippen LogP contribution is -2.46. The number of likely N-dealkylation sites (N-methyl/N-ethyl adjacent to an activating group) is 1. The molecule has 0 aliphatic carbocycles. The number of hydrogen-bond acceptors (Lipinski definition) is 5. The van der Waals surface area contributed by atoms with Crippen molar-refractivity contribution in [3.8, 4) is 6.07 Å². The Labute approximate surface area is 231 Å². The highest BCUT2D eigenvalue weighted by molar-refractivity contribution is 6.30. The van der Waals surface area contributed by atoms with E-state index in [9.17, 15) is 20.3 Å². The summed E-state index contributed by atoms with van der Waals surface area (Å²) in [5.41, 5.74) is 0.564. The zero-order valence-electron chi connectivity index (χ0n) is 22.1. The molecule has 0 aromatic heterocycles. The first-order valence-electron chi connectivity index (χ1n) is 13.0. The van der Waals surface area contributed by atoms with Gasteiger partial charge in [-0.1, -0.05) is 75.2 Å². The SMILES string of the molecule is CCN1[C@@H](CC(C)(C)C)[C@](C#N)(c2ccc(Cl)cc2)[C@@H](c2cccc(Cl)c2)[C@@H]1C(=O)CCC[C@H](O)CO. The van der Waals surface area contributed by atoms with Gasteiger partial charge in [-0.15, -0.1) is 0 Å². The molecule has 1 heterocycles. The number of carbonyl (C=O) groups is 1. The van der Waals surface area contributed by atoms with Crippen LogP contribution in [0.1, 0.15) is 70.4 Å². The fourth-order valence-corrected chi connectivity index (χ4v) is 6.28. The summed E-state index contributed by atoms with van der Waals surface area (Å²) < 4.78 is 0. The zero-order chi connectivity index (χ0) is 27.4. The summed E-state index contributed by atoms with van der Waals surface area (Å²) in [6.07, 6.45) is 0.917. The monoisotopic (exact) mass is 544 g/mol. The number of carbonyl (C=O) groups excluding carboxylic acids is 1. The number of aliphatic hydroxyl groups excluding tert-OH is 2. The highest BCUT2D eigenvalue weighted by Crippen LogP contribution is 2.55. The fraction of sp³-hybridized carbons (Fsp3) is 0.533. The Morgan fingerprint density at radius 1 is 1.16 bits per heavy atom. The Morgan fingerprint density at radius 3 is 2.38 bits per heavy atom. The van der Waals surface area contributed by atoms with Gasteiger partial charge >= 0.3 is 0 Å². The van der Waals surface area contributed by atoms with Gasteiger partial charge in [0, 0.05) is 28.4 Å². The van der Waals surface area contributed by atoms with Gasteiger partial charge in [-0.2, -0.15) is 5.26 Å². The molecule has 0 saturated carbocycles. The fourth-order valence-electron chi connectivity index (χ4n) is 5.95. The number of halogens is 2. The minimum absolute atomic E-state index is 0.0296. The summed E-state index contributed by atoms with van der Waals surface area (Å²) >= 11 is 12.7. The molecule has 2 aromatic rings. The largest absolute Gasteiger partial charge is 0.394 e. The maximum atomic E-state index is 14.0. The van der Waals surface area contributed by atoms with E-state index in [0.717, 1.165) is 11.1 Å². The summed E-state index contributed by atoms with van der Waals surface area (Å²) in [5, 5.41) is 31.2.